The Hall–Kier alpha value is -2.35. The molecule has 7 nitrogen and oxygen atoms in total. The van der Waals surface area contributed by atoms with Crippen LogP contribution >= 0.6 is 11.8 Å². The normalized spacial score (nSPS) is 10.9. The Kier molecular flexibility index (Phi) is 7.20. The van der Waals surface area contributed by atoms with E-state index in [0.29, 0.717) is 22.6 Å². The molecule has 2 rings (SSSR count). The molecule has 0 unspecified atom stereocenters. The first-order chi connectivity index (χ1) is 12.4. The minimum absolute atomic E-state index is 0.00129. The van der Waals surface area contributed by atoms with Crippen LogP contribution in [-0.4, -0.2) is 33.8 Å². The molecule has 1 aromatic carbocycles. The third-order valence-electron chi connectivity index (χ3n) is 3.69. The van der Waals surface area contributed by atoms with Crippen molar-refractivity contribution in [1.82, 2.24) is 20.2 Å². The first kappa shape index (κ1) is 20.0. The zero-order valence-corrected chi connectivity index (χ0v) is 16.1. The molecule has 2 aromatic rings. The van der Waals surface area contributed by atoms with Crippen molar-refractivity contribution in [3.8, 4) is 0 Å². The van der Waals surface area contributed by atoms with Gasteiger partial charge in [0.2, 0.25) is 5.91 Å². The molecule has 0 radical (unpaired) electrons. The SMILES string of the molecule is CCCCNC(=O)NC(=O)CSc1nc2ccccc2c(=O)n1C(C)C. The number of nitrogens with one attached hydrogen (secondary N) is 2. The van der Waals surface area contributed by atoms with Crippen LogP contribution < -0.4 is 16.2 Å². The molecule has 0 atom stereocenters. The number of imide groups is 1. The second kappa shape index (κ2) is 9.38. The Morgan fingerprint density at radius 1 is 1.27 bits per heavy atom. The molecule has 0 saturated heterocycles. The number of aromatic nitrogens is 2. The highest BCUT2D eigenvalue weighted by atomic mass is 32.2. The van der Waals surface area contributed by atoms with E-state index in [1.165, 1.54) is 0 Å². The third-order valence-corrected chi connectivity index (χ3v) is 4.65. The molecule has 26 heavy (non-hydrogen) atoms. The number of amides is 3. The van der Waals surface area contributed by atoms with Gasteiger partial charge in [-0.1, -0.05) is 37.2 Å². The fourth-order valence-corrected chi connectivity index (χ4v) is 3.33. The lowest BCUT2D eigenvalue weighted by molar-refractivity contribution is -0.117. The first-order valence-electron chi connectivity index (χ1n) is 8.65. The number of rotatable bonds is 7. The van der Waals surface area contributed by atoms with Gasteiger partial charge < -0.3 is 5.32 Å². The second-order valence-electron chi connectivity index (χ2n) is 6.13. The predicted octanol–water partition coefficient (Wildman–Crippen LogP) is 2.70. The summed E-state index contributed by atoms with van der Waals surface area (Å²) in [6, 6.07) is 6.53. The van der Waals surface area contributed by atoms with Crippen LogP contribution in [-0.2, 0) is 4.79 Å². The van der Waals surface area contributed by atoms with Crippen LogP contribution in [0.15, 0.2) is 34.2 Å². The minimum atomic E-state index is -0.503. The molecular formula is C18H24N4O3S. The number of urea groups is 1. The van der Waals surface area contributed by atoms with Crippen LogP contribution in [0.2, 0.25) is 0 Å². The molecule has 8 heteroatoms. The number of hydrogen-bond donors (Lipinski definition) is 2. The van der Waals surface area contributed by atoms with Gasteiger partial charge in [-0.15, -0.1) is 0 Å². The van der Waals surface area contributed by atoms with E-state index in [9.17, 15) is 14.4 Å². The minimum Gasteiger partial charge on any atom is -0.338 e. The van der Waals surface area contributed by atoms with Crippen molar-refractivity contribution < 1.29 is 9.59 Å². The van der Waals surface area contributed by atoms with E-state index in [1.54, 1.807) is 22.8 Å². The number of thioether (sulfide) groups is 1. The molecule has 0 bridgehead atoms. The van der Waals surface area contributed by atoms with Crippen molar-refractivity contribution in [2.24, 2.45) is 0 Å². The van der Waals surface area contributed by atoms with Crippen LogP contribution in [0, 0.1) is 0 Å². The second-order valence-corrected chi connectivity index (χ2v) is 7.07. The highest BCUT2D eigenvalue weighted by Gasteiger charge is 2.16. The molecule has 0 saturated carbocycles. The Balaban J connectivity index is 2.10. The molecule has 140 valence electrons. The molecule has 0 fully saturated rings. The molecular weight excluding hydrogens is 352 g/mol. The van der Waals surface area contributed by atoms with Gasteiger partial charge in [0.1, 0.15) is 0 Å². The summed E-state index contributed by atoms with van der Waals surface area (Å²) in [4.78, 5) is 40.8. The fraction of sp³-hybridized carbons (Fsp3) is 0.444. The maximum atomic E-state index is 12.7. The molecule has 0 spiro atoms. The van der Waals surface area contributed by atoms with Gasteiger partial charge in [0.15, 0.2) is 5.16 Å². The Morgan fingerprint density at radius 3 is 2.69 bits per heavy atom. The number of para-hydroxylation sites is 1. The summed E-state index contributed by atoms with van der Waals surface area (Å²) in [5, 5.41) is 5.92. The van der Waals surface area contributed by atoms with Gasteiger partial charge >= 0.3 is 6.03 Å². The average molecular weight is 376 g/mol. The molecule has 0 aliphatic heterocycles. The fourth-order valence-electron chi connectivity index (χ4n) is 2.40. The molecule has 3 amide bonds. The van der Waals surface area contributed by atoms with E-state index >= 15 is 0 Å². The average Bonchev–Trinajstić information content (AvgIpc) is 2.60. The van der Waals surface area contributed by atoms with E-state index in [2.05, 4.69) is 15.6 Å². The van der Waals surface area contributed by atoms with E-state index < -0.39 is 11.9 Å². The quantitative estimate of drug-likeness (QED) is 0.440. The number of carbonyl (C=O) groups is 2. The van der Waals surface area contributed by atoms with E-state index in [0.717, 1.165) is 24.6 Å². The zero-order chi connectivity index (χ0) is 19.1. The number of nitrogens with zero attached hydrogens (tertiary/aromatic N) is 2. The summed E-state index contributed by atoms with van der Waals surface area (Å²) >= 11 is 1.14. The summed E-state index contributed by atoms with van der Waals surface area (Å²) in [5.41, 5.74) is 0.459. The molecule has 1 heterocycles. The van der Waals surface area contributed by atoms with Crippen molar-refractivity contribution in [2.75, 3.05) is 12.3 Å². The first-order valence-corrected chi connectivity index (χ1v) is 9.64. The summed E-state index contributed by atoms with van der Waals surface area (Å²) in [5.74, 6) is -0.430. The van der Waals surface area contributed by atoms with Gasteiger partial charge in [-0.25, -0.2) is 9.78 Å². The lowest BCUT2D eigenvalue weighted by Crippen LogP contribution is -2.40. The molecule has 1 aromatic heterocycles. The molecule has 2 N–H and O–H groups in total. The van der Waals surface area contributed by atoms with Crippen LogP contribution in [0.25, 0.3) is 10.9 Å². The van der Waals surface area contributed by atoms with Crippen molar-refractivity contribution in [3.05, 3.63) is 34.6 Å². The van der Waals surface area contributed by atoms with E-state index in [1.807, 2.05) is 26.8 Å². The predicted molar refractivity (Wildman–Crippen MR) is 104 cm³/mol. The van der Waals surface area contributed by atoms with Gasteiger partial charge in [0, 0.05) is 12.6 Å². The Labute approximate surface area is 156 Å². The number of unbranched alkanes of at least 4 members (excludes halogenated alkanes) is 1. The van der Waals surface area contributed by atoms with Crippen LogP contribution in [0.1, 0.15) is 39.7 Å². The molecule has 0 aliphatic carbocycles. The maximum Gasteiger partial charge on any atom is 0.321 e. The molecule has 0 aliphatic rings. The van der Waals surface area contributed by atoms with Gasteiger partial charge in [0.25, 0.3) is 5.56 Å². The maximum absolute atomic E-state index is 12.7. The van der Waals surface area contributed by atoms with Crippen LogP contribution in [0.4, 0.5) is 4.79 Å². The Bertz CT molecular complexity index is 848. The number of benzene rings is 1. The summed E-state index contributed by atoms with van der Waals surface area (Å²) in [6.07, 6.45) is 1.82. The Morgan fingerprint density at radius 2 is 2.00 bits per heavy atom. The summed E-state index contributed by atoms with van der Waals surface area (Å²) in [6.45, 7) is 6.33. The van der Waals surface area contributed by atoms with Crippen molar-refractivity contribution in [3.63, 3.8) is 0 Å². The highest BCUT2D eigenvalue weighted by Crippen LogP contribution is 2.20. The van der Waals surface area contributed by atoms with Gasteiger partial charge in [0.05, 0.1) is 16.7 Å². The summed E-state index contributed by atoms with van der Waals surface area (Å²) < 4.78 is 1.57. The van der Waals surface area contributed by atoms with E-state index in [4.69, 9.17) is 0 Å². The van der Waals surface area contributed by atoms with Crippen molar-refractivity contribution >= 4 is 34.6 Å². The topological polar surface area (TPSA) is 93.1 Å². The standard InChI is InChI=1S/C18H24N4O3S/c1-4-5-10-19-17(25)21-15(23)11-26-18-20-14-9-7-6-8-13(14)16(24)22(18)12(2)3/h6-9,12H,4-5,10-11H2,1-3H3,(H2,19,21,23,25). The van der Waals surface area contributed by atoms with Crippen molar-refractivity contribution in [2.45, 2.75) is 44.8 Å². The van der Waals surface area contributed by atoms with Gasteiger partial charge in [-0.3, -0.25) is 19.5 Å². The lowest BCUT2D eigenvalue weighted by atomic mass is 10.2. The summed E-state index contributed by atoms with van der Waals surface area (Å²) in [7, 11) is 0. The zero-order valence-electron chi connectivity index (χ0n) is 15.2. The van der Waals surface area contributed by atoms with E-state index in [-0.39, 0.29) is 17.4 Å². The van der Waals surface area contributed by atoms with Gasteiger partial charge in [-0.2, -0.15) is 0 Å². The number of hydrogen-bond acceptors (Lipinski definition) is 5. The third kappa shape index (κ3) is 5.08. The number of fused-ring (bicyclic) bond motifs is 1. The number of carbonyl (C=O) groups excluding carboxylic acids is 2. The smallest absolute Gasteiger partial charge is 0.321 e. The van der Waals surface area contributed by atoms with Crippen LogP contribution in [0.3, 0.4) is 0 Å². The van der Waals surface area contributed by atoms with Crippen molar-refractivity contribution in [1.29, 1.82) is 0 Å². The monoisotopic (exact) mass is 376 g/mol. The lowest BCUT2D eigenvalue weighted by Gasteiger charge is -2.16. The largest absolute Gasteiger partial charge is 0.338 e. The van der Waals surface area contributed by atoms with Crippen LogP contribution in [0.5, 0.6) is 0 Å². The van der Waals surface area contributed by atoms with Gasteiger partial charge in [-0.05, 0) is 32.4 Å². The highest BCUT2D eigenvalue weighted by molar-refractivity contribution is 7.99.